The van der Waals surface area contributed by atoms with Crippen molar-refractivity contribution in [1.29, 1.82) is 0 Å². The molecule has 0 fully saturated rings. The number of carbonyl (C=O) groups excluding carboxylic acids is 1. The van der Waals surface area contributed by atoms with Crippen LogP contribution in [-0.2, 0) is 0 Å². The third-order valence-corrected chi connectivity index (χ3v) is 2.52. The van der Waals surface area contributed by atoms with E-state index in [1.165, 1.54) is 12.1 Å². The first-order chi connectivity index (χ1) is 7.47. The molecule has 1 aromatic rings. The zero-order chi connectivity index (χ0) is 12.3. The largest absolute Gasteiger partial charge is 0.372 e. The van der Waals surface area contributed by atoms with Crippen LogP contribution < -0.4 is 4.90 Å². The van der Waals surface area contributed by atoms with Gasteiger partial charge in [-0.1, -0.05) is 0 Å². The predicted octanol–water partition coefficient (Wildman–Crippen LogP) is 2.25. The first-order valence-electron chi connectivity index (χ1n) is 4.93. The third-order valence-electron chi connectivity index (χ3n) is 2.52. The summed E-state index contributed by atoms with van der Waals surface area (Å²) in [5, 5.41) is 10.6. The molecule has 5 heteroatoms. The van der Waals surface area contributed by atoms with Gasteiger partial charge in [0, 0.05) is 24.8 Å². The molecule has 16 heavy (non-hydrogen) atoms. The van der Waals surface area contributed by atoms with Gasteiger partial charge in [0.1, 0.15) is 0 Å². The molecule has 86 valence electrons. The Kier molecular flexibility index (Phi) is 3.60. The van der Waals surface area contributed by atoms with Crippen LogP contribution in [0.1, 0.15) is 24.2 Å². The highest BCUT2D eigenvalue weighted by Gasteiger charge is 2.15. The maximum Gasteiger partial charge on any atom is 0.280 e. The Morgan fingerprint density at radius 2 is 2.06 bits per heavy atom. The van der Waals surface area contributed by atoms with Crippen molar-refractivity contribution in [3.05, 3.63) is 33.9 Å². The SMILES string of the molecule is CC(C)N(C)c1ccc([N+](=O)[O-])c(C=O)c1. The smallest absolute Gasteiger partial charge is 0.280 e. The summed E-state index contributed by atoms with van der Waals surface area (Å²) in [5.74, 6) is 0. The van der Waals surface area contributed by atoms with Crippen LogP contribution >= 0.6 is 0 Å². The Hall–Kier alpha value is -1.91. The molecule has 0 bridgehead atoms. The Bertz CT molecular complexity index is 416. The van der Waals surface area contributed by atoms with Crippen LogP contribution in [0.5, 0.6) is 0 Å². The standard InChI is InChI=1S/C11H14N2O3/c1-8(2)12(3)10-4-5-11(13(15)16)9(6-10)7-14/h4-8H,1-3H3. The lowest BCUT2D eigenvalue weighted by molar-refractivity contribution is -0.385. The number of nitrogens with zero attached hydrogens (tertiary/aromatic N) is 2. The average Bonchev–Trinajstić information content (AvgIpc) is 2.26. The molecule has 0 aliphatic carbocycles. The quantitative estimate of drug-likeness (QED) is 0.445. The van der Waals surface area contributed by atoms with Gasteiger partial charge in [-0.05, 0) is 26.0 Å². The van der Waals surface area contributed by atoms with Crippen LogP contribution in [0.25, 0.3) is 0 Å². The van der Waals surface area contributed by atoms with E-state index in [1.54, 1.807) is 6.07 Å². The van der Waals surface area contributed by atoms with Gasteiger partial charge < -0.3 is 4.90 Å². The number of benzene rings is 1. The predicted molar refractivity (Wildman–Crippen MR) is 62.0 cm³/mol. The summed E-state index contributed by atoms with van der Waals surface area (Å²) in [6.07, 6.45) is 0.510. The second kappa shape index (κ2) is 4.74. The number of nitro benzene ring substituents is 1. The van der Waals surface area contributed by atoms with Gasteiger partial charge in [0.25, 0.3) is 5.69 Å². The summed E-state index contributed by atoms with van der Waals surface area (Å²) < 4.78 is 0. The van der Waals surface area contributed by atoms with Gasteiger partial charge in [-0.25, -0.2) is 0 Å². The molecule has 0 saturated heterocycles. The Labute approximate surface area is 93.8 Å². The van der Waals surface area contributed by atoms with Crippen molar-refractivity contribution in [1.82, 2.24) is 0 Å². The minimum atomic E-state index is -0.553. The van der Waals surface area contributed by atoms with E-state index in [0.717, 1.165) is 5.69 Å². The maximum atomic E-state index is 10.8. The Balaban J connectivity index is 3.18. The molecule has 0 N–H and O–H groups in total. The summed E-state index contributed by atoms with van der Waals surface area (Å²) in [6.45, 7) is 4.00. The third kappa shape index (κ3) is 2.36. The Morgan fingerprint density at radius 1 is 1.44 bits per heavy atom. The fourth-order valence-corrected chi connectivity index (χ4v) is 1.32. The molecule has 5 nitrogen and oxygen atoms in total. The van der Waals surface area contributed by atoms with Crippen LogP contribution in [0.3, 0.4) is 0 Å². The van der Waals surface area contributed by atoms with Crippen molar-refractivity contribution in [2.24, 2.45) is 0 Å². The van der Waals surface area contributed by atoms with Gasteiger partial charge in [-0.3, -0.25) is 14.9 Å². The highest BCUT2D eigenvalue weighted by molar-refractivity contribution is 5.83. The van der Waals surface area contributed by atoms with E-state index in [2.05, 4.69) is 0 Å². The van der Waals surface area contributed by atoms with Crippen LogP contribution in [0, 0.1) is 10.1 Å². The van der Waals surface area contributed by atoms with Crippen LogP contribution in [0.4, 0.5) is 11.4 Å². The second-order valence-electron chi connectivity index (χ2n) is 3.82. The zero-order valence-corrected chi connectivity index (χ0v) is 9.51. The highest BCUT2D eigenvalue weighted by Crippen LogP contribution is 2.24. The number of hydrogen-bond donors (Lipinski definition) is 0. The van der Waals surface area contributed by atoms with E-state index in [9.17, 15) is 14.9 Å². The lowest BCUT2D eigenvalue weighted by Crippen LogP contribution is -2.25. The fourth-order valence-electron chi connectivity index (χ4n) is 1.32. The van der Waals surface area contributed by atoms with Gasteiger partial charge in [-0.2, -0.15) is 0 Å². The van der Waals surface area contributed by atoms with Gasteiger partial charge >= 0.3 is 0 Å². The molecule has 0 amide bonds. The normalized spacial score (nSPS) is 10.2. The number of hydrogen-bond acceptors (Lipinski definition) is 4. The highest BCUT2D eigenvalue weighted by atomic mass is 16.6. The van der Waals surface area contributed by atoms with E-state index in [4.69, 9.17) is 0 Å². The second-order valence-corrected chi connectivity index (χ2v) is 3.82. The van der Waals surface area contributed by atoms with Crippen molar-refractivity contribution in [3.63, 3.8) is 0 Å². The molecular formula is C11H14N2O3. The van der Waals surface area contributed by atoms with Crippen molar-refractivity contribution < 1.29 is 9.72 Å². The molecule has 0 heterocycles. The van der Waals surface area contributed by atoms with E-state index in [0.29, 0.717) is 6.29 Å². The van der Waals surface area contributed by atoms with Gasteiger partial charge in [0.05, 0.1) is 10.5 Å². The summed E-state index contributed by atoms with van der Waals surface area (Å²) in [4.78, 5) is 22.8. The first-order valence-corrected chi connectivity index (χ1v) is 4.93. The topological polar surface area (TPSA) is 63.4 Å². The summed E-state index contributed by atoms with van der Waals surface area (Å²) >= 11 is 0. The molecule has 0 spiro atoms. The molecule has 1 aromatic carbocycles. The minimum absolute atomic E-state index is 0.106. The van der Waals surface area contributed by atoms with E-state index >= 15 is 0 Å². The molecule has 1 rings (SSSR count). The average molecular weight is 222 g/mol. The summed E-state index contributed by atoms with van der Waals surface area (Å²) in [7, 11) is 1.88. The molecule has 0 saturated carbocycles. The lowest BCUT2D eigenvalue weighted by Gasteiger charge is -2.23. The minimum Gasteiger partial charge on any atom is -0.372 e. The molecule has 0 aromatic heterocycles. The molecule has 0 atom stereocenters. The number of carbonyl (C=O) groups is 1. The van der Waals surface area contributed by atoms with Gasteiger partial charge in [0.2, 0.25) is 0 Å². The van der Waals surface area contributed by atoms with E-state index in [-0.39, 0.29) is 17.3 Å². The Morgan fingerprint density at radius 3 is 2.50 bits per heavy atom. The molecule has 0 radical (unpaired) electrons. The molecule has 0 aliphatic rings. The van der Waals surface area contributed by atoms with Gasteiger partial charge in [-0.15, -0.1) is 0 Å². The maximum absolute atomic E-state index is 10.8. The first kappa shape index (κ1) is 12.2. The molecular weight excluding hydrogens is 208 g/mol. The monoisotopic (exact) mass is 222 g/mol. The number of nitro groups is 1. The fraction of sp³-hybridized carbons (Fsp3) is 0.364. The van der Waals surface area contributed by atoms with Crippen LogP contribution in [0.15, 0.2) is 18.2 Å². The van der Waals surface area contributed by atoms with Crippen molar-refractivity contribution in [2.75, 3.05) is 11.9 Å². The van der Waals surface area contributed by atoms with Crippen molar-refractivity contribution in [2.45, 2.75) is 19.9 Å². The number of rotatable bonds is 4. The summed E-state index contributed by atoms with van der Waals surface area (Å²) in [5.41, 5.74) is 0.744. The number of aldehydes is 1. The van der Waals surface area contributed by atoms with Crippen LogP contribution in [0.2, 0.25) is 0 Å². The number of anilines is 1. The van der Waals surface area contributed by atoms with Crippen LogP contribution in [-0.4, -0.2) is 24.3 Å². The van der Waals surface area contributed by atoms with E-state index < -0.39 is 4.92 Å². The van der Waals surface area contributed by atoms with Gasteiger partial charge in [0.15, 0.2) is 6.29 Å². The van der Waals surface area contributed by atoms with E-state index in [1.807, 2.05) is 25.8 Å². The molecule has 0 unspecified atom stereocenters. The van der Waals surface area contributed by atoms with Crippen molar-refractivity contribution in [3.8, 4) is 0 Å². The lowest BCUT2D eigenvalue weighted by atomic mass is 10.1. The van der Waals surface area contributed by atoms with Crippen molar-refractivity contribution >= 4 is 17.7 Å². The molecule has 0 aliphatic heterocycles. The zero-order valence-electron chi connectivity index (χ0n) is 9.51. The summed E-state index contributed by atoms with van der Waals surface area (Å²) in [6, 6.07) is 4.80.